The molecule has 0 fully saturated rings. The minimum atomic E-state index is -0.253. The highest BCUT2D eigenvalue weighted by Crippen LogP contribution is 2.22. The Hall–Kier alpha value is -2.70. The van der Waals surface area contributed by atoms with Crippen molar-refractivity contribution in [3.8, 4) is 0 Å². The number of carbonyl (C=O) groups is 2. The van der Waals surface area contributed by atoms with Gasteiger partial charge >= 0.3 is 0 Å². The fraction of sp³-hybridized carbons (Fsp3) is 0.231. The number of fused-ring (bicyclic) bond motifs is 1. The number of hydrogen-bond donors (Lipinski definition) is 1. The van der Waals surface area contributed by atoms with Crippen molar-refractivity contribution >= 4 is 17.6 Å². The van der Waals surface area contributed by atoms with Gasteiger partial charge in [-0.1, -0.05) is 17.3 Å². The first-order chi connectivity index (χ1) is 9.68. The Morgan fingerprint density at radius 2 is 1.75 bits per heavy atom. The van der Waals surface area contributed by atoms with E-state index in [1.54, 1.807) is 24.3 Å². The smallest absolute Gasteiger partial charge is 0.261 e. The van der Waals surface area contributed by atoms with Gasteiger partial charge in [0.2, 0.25) is 0 Å². The lowest BCUT2D eigenvalue weighted by Crippen LogP contribution is -2.31. The summed E-state index contributed by atoms with van der Waals surface area (Å²) in [5.74, 6) is -0.263. The normalized spacial score (nSPS) is 13.9. The second kappa shape index (κ2) is 4.76. The zero-order valence-corrected chi connectivity index (χ0v) is 10.6. The molecular weight excluding hydrogens is 260 g/mol. The Morgan fingerprint density at radius 1 is 1.10 bits per heavy atom. The topological polar surface area (TPSA) is 102 Å². The molecule has 20 heavy (non-hydrogen) atoms. The summed E-state index contributed by atoms with van der Waals surface area (Å²) in [6, 6.07) is 6.81. The molecule has 0 radical (unpaired) electrons. The lowest BCUT2D eigenvalue weighted by Gasteiger charge is -2.12. The number of carbonyl (C=O) groups excluding carboxylic acids is 2. The zero-order chi connectivity index (χ0) is 14.1. The van der Waals surface area contributed by atoms with Crippen molar-refractivity contribution in [3.63, 3.8) is 0 Å². The molecule has 102 valence electrons. The summed E-state index contributed by atoms with van der Waals surface area (Å²) in [6.07, 6.45) is 1.06. The first-order valence-corrected chi connectivity index (χ1v) is 6.20. The van der Waals surface area contributed by atoms with Crippen LogP contribution in [0.4, 0.5) is 5.82 Å². The number of nitrogen functional groups attached to an aromatic ring is 1. The number of imide groups is 1. The molecule has 7 nitrogen and oxygen atoms in total. The van der Waals surface area contributed by atoms with Gasteiger partial charge in [0.25, 0.3) is 11.8 Å². The van der Waals surface area contributed by atoms with Crippen LogP contribution in [0.5, 0.6) is 0 Å². The number of aromatic nitrogens is 2. The second-order valence-corrected chi connectivity index (χ2v) is 4.51. The number of hydrogen-bond acceptors (Lipinski definition) is 6. The number of aryl methyl sites for hydroxylation is 1. The molecule has 1 aromatic heterocycles. The van der Waals surface area contributed by atoms with Crippen LogP contribution in [-0.4, -0.2) is 33.6 Å². The molecule has 2 N–H and O–H groups in total. The van der Waals surface area contributed by atoms with Crippen LogP contribution in [0, 0.1) is 0 Å². The van der Waals surface area contributed by atoms with E-state index in [2.05, 4.69) is 14.9 Å². The van der Waals surface area contributed by atoms with Crippen molar-refractivity contribution in [3.05, 3.63) is 41.1 Å². The van der Waals surface area contributed by atoms with Gasteiger partial charge < -0.3 is 5.73 Å². The Kier molecular flexibility index (Phi) is 2.94. The third kappa shape index (κ3) is 1.93. The van der Waals surface area contributed by atoms with E-state index in [4.69, 9.17) is 5.73 Å². The second-order valence-electron chi connectivity index (χ2n) is 4.51. The number of rotatable bonds is 4. The fourth-order valence-corrected chi connectivity index (χ4v) is 2.23. The summed E-state index contributed by atoms with van der Waals surface area (Å²) >= 11 is 0. The summed E-state index contributed by atoms with van der Waals surface area (Å²) in [4.78, 5) is 25.4. The quantitative estimate of drug-likeness (QED) is 0.829. The molecule has 0 saturated heterocycles. The maximum Gasteiger partial charge on any atom is 0.261 e. The van der Waals surface area contributed by atoms with E-state index in [1.807, 2.05) is 0 Å². The molecule has 7 heteroatoms. The Morgan fingerprint density at radius 3 is 2.30 bits per heavy atom. The highest BCUT2D eigenvalue weighted by atomic mass is 16.6. The van der Waals surface area contributed by atoms with Gasteiger partial charge in [0.15, 0.2) is 5.82 Å². The molecule has 1 aromatic carbocycles. The molecular formula is C13H12N4O3. The van der Waals surface area contributed by atoms with Gasteiger partial charge in [-0.25, -0.2) is 4.63 Å². The molecule has 3 rings (SSSR count). The zero-order valence-electron chi connectivity index (χ0n) is 10.6. The van der Waals surface area contributed by atoms with E-state index >= 15 is 0 Å². The van der Waals surface area contributed by atoms with Crippen molar-refractivity contribution in [2.45, 2.75) is 12.8 Å². The first-order valence-electron chi connectivity index (χ1n) is 6.20. The van der Waals surface area contributed by atoms with Gasteiger partial charge in [0.1, 0.15) is 5.69 Å². The van der Waals surface area contributed by atoms with Gasteiger partial charge in [0.05, 0.1) is 11.1 Å². The largest absolute Gasteiger partial charge is 0.379 e. The third-order valence-corrected chi connectivity index (χ3v) is 3.26. The Balaban J connectivity index is 1.67. The van der Waals surface area contributed by atoms with Crippen molar-refractivity contribution < 1.29 is 14.2 Å². The van der Waals surface area contributed by atoms with E-state index in [9.17, 15) is 9.59 Å². The van der Waals surface area contributed by atoms with Crippen LogP contribution < -0.4 is 5.73 Å². The standard InChI is InChI=1S/C13H12N4O3/c14-11-10(15-20-16-11)6-3-7-17-12(18)8-4-1-2-5-9(8)13(17)19/h1-2,4-5H,3,6-7H2,(H2,14,16). The molecule has 0 spiro atoms. The maximum absolute atomic E-state index is 12.1. The lowest BCUT2D eigenvalue weighted by molar-refractivity contribution is 0.0652. The SMILES string of the molecule is Nc1nonc1CCCN1C(=O)c2ccccc2C1=O. The lowest BCUT2D eigenvalue weighted by atomic mass is 10.1. The van der Waals surface area contributed by atoms with Gasteiger partial charge in [-0.05, 0) is 30.1 Å². The van der Waals surface area contributed by atoms with E-state index < -0.39 is 0 Å². The predicted octanol–water partition coefficient (Wildman–Crippen LogP) is 0.881. The Bertz CT molecular complexity index is 645. The van der Waals surface area contributed by atoms with Gasteiger partial charge in [-0.3, -0.25) is 14.5 Å². The minimum absolute atomic E-state index is 0.243. The van der Waals surface area contributed by atoms with E-state index in [0.717, 1.165) is 0 Å². The molecule has 0 saturated carbocycles. The molecule has 1 aliphatic heterocycles. The van der Waals surface area contributed by atoms with Crippen molar-refractivity contribution in [1.82, 2.24) is 15.2 Å². The molecule has 0 aliphatic carbocycles. The van der Waals surface area contributed by atoms with Crippen LogP contribution in [0.3, 0.4) is 0 Å². The van der Waals surface area contributed by atoms with Crippen LogP contribution in [0.1, 0.15) is 32.8 Å². The van der Waals surface area contributed by atoms with Crippen molar-refractivity contribution in [2.24, 2.45) is 0 Å². The molecule has 2 heterocycles. The average molecular weight is 272 g/mol. The van der Waals surface area contributed by atoms with Crippen LogP contribution in [0.2, 0.25) is 0 Å². The van der Waals surface area contributed by atoms with Gasteiger partial charge in [0, 0.05) is 6.54 Å². The fourth-order valence-electron chi connectivity index (χ4n) is 2.23. The van der Waals surface area contributed by atoms with Crippen LogP contribution >= 0.6 is 0 Å². The van der Waals surface area contributed by atoms with Gasteiger partial charge in [-0.15, -0.1) is 0 Å². The molecule has 0 unspecified atom stereocenters. The van der Waals surface area contributed by atoms with Crippen LogP contribution in [-0.2, 0) is 6.42 Å². The number of nitrogens with zero attached hydrogens (tertiary/aromatic N) is 3. The molecule has 0 atom stereocenters. The maximum atomic E-state index is 12.1. The van der Waals surface area contributed by atoms with Crippen molar-refractivity contribution in [1.29, 1.82) is 0 Å². The molecule has 0 bridgehead atoms. The molecule has 1 aliphatic rings. The van der Waals surface area contributed by atoms with E-state index in [1.165, 1.54) is 4.90 Å². The monoisotopic (exact) mass is 272 g/mol. The van der Waals surface area contributed by atoms with E-state index in [0.29, 0.717) is 36.2 Å². The highest BCUT2D eigenvalue weighted by molar-refractivity contribution is 6.21. The Labute approximate surface area is 114 Å². The summed E-state index contributed by atoms with van der Waals surface area (Å²) < 4.78 is 4.49. The predicted molar refractivity (Wildman–Crippen MR) is 68.8 cm³/mol. The number of anilines is 1. The summed E-state index contributed by atoms with van der Waals surface area (Å²) in [7, 11) is 0. The molecule has 2 amide bonds. The number of nitrogens with two attached hydrogens (primary N) is 1. The first kappa shape index (κ1) is 12.3. The summed E-state index contributed by atoms with van der Waals surface area (Å²) in [6.45, 7) is 0.318. The number of benzene rings is 1. The summed E-state index contributed by atoms with van der Waals surface area (Å²) in [5, 5.41) is 7.13. The highest BCUT2D eigenvalue weighted by Gasteiger charge is 2.34. The third-order valence-electron chi connectivity index (χ3n) is 3.26. The van der Waals surface area contributed by atoms with Crippen LogP contribution in [0.15, 0.2) is 28.9 Å². The van der Waals surface area contributed by atoms with Crippen molar-refractivity contribution in [2.75, 3.05) is 12.3 Å². The number of amides is 2. The minimum Gasteiger partial charge on any atom is -0.379 e. The molecule has 2 aromatic rings. The van der Waals surface area contributed by atoms with Crippen LogP contribution in [0.25, 0.3) is 0 Å². The van der Waals surface area contributed by atoms with Gasteiger partial charge in [-0.2, -0.15) is 0 Å². The van der Waals surface area contributed by atoms with E-state index in [-0.39, 0.29) is 17.6 Å². The summed E-state index contributed by atoms with van der Waals surface area (Å²) in [5.41, 5.74) is 7.00. The average Bonchev–Trinajstić information content (AvgIpc) is 2.97.